The number of carbonyl (C=O) groups excluding carboxylic acids is 4. The molecule has 0 unspecified atom stereocenters. The second-order valence-electron chi connectivity index (χ2n) is 12.3. The van der Waals surface area contributed by atoms with Crippen LogP contribution in [0.2, 0.25) is 0 Å². The van der Waals surface area contributed by atoms with Crippen molar-refractivity contribution < 1.29 is 38.1 Å². The molecule has 0 saturated heterocycles. The zero-order valence-corrected chi connectivity index (χ0v) is 28.4. The van der Waals surface area contributed by atoms with E-state index in [1.54, 1.807) is 97.1 Å². The molecule has 8 rings (SSSR count). The molecule has 0 saturated carbocycles. The Kier molecular flexibility index (Phi) is 9.06. The van der Waals surface area contributed by atoms with Crippen molar-refractivity contribution in [2.45, 2.75) is 0 Å². The summed E-state index contributed by atoms with van der Waals surface area (Å²) in [4.78, 5) is 53.0. The average molecular weight is 709 g/mol. The molecule has 0 aromatic heterocycles. The van der Waals surface area contributed by atoms with Gasteiger partial charge < -0.3 is 18.9 Å². The van der Waals surface area contributed by atoms with E-state index in [0.717, 1.165) is 21.5 Å². The third-order valence-corrected chi connectivity index (χ3v) is 8.82. The molecular weight excluding hydrogens is 680 g/mol. The van der Waals surface area contributed by atoms with Crippen LogP contribution in [0.15, 0.2) is 170 Å². The summed E-state index contributed by atoms with van der Waals surface area (Å²) in [6.07, 6.45) is 0. The van der Waals surface area contributed by atoms with Gasteiger partial charge in [0.25, 0.3) is 0 Å². The van der Waals surface area contributed by atoms with Crippen LogP contribution in [-0.4, -0.2) is 23.9 Å². The molecule has 260 valence electrons. The molecule has 0 bridgehead atoms. The Morgan fingerprint density at radius 2 is 0.537 bits per heavy atom. The van der Waals surface area contributed by atoms with Gasteiger partial charge in [-0.3, -0.25) is 0 Å². The maximum absolute atomic E-state index is 13.4. The Labute approximate surface area is 308 Å². The molecule has 0 radical (unpaired) electrons. The lowest BCUT2D eigenvalue weighted by Gasteiger charge is -2.12. The lowest BCUT2D eigenvalue weighted by Crippen LogP contribution is -2.13. The third-order valence-electron chi connectivity index (χ3n) is 8.82. The summed E-state index contributed by atoms with van der Waals surface area (Å²) in [6.45, 7) is 0. The first-order chi connectivity index (χ1) is 26.4. The number of hydrogen-bond donors (Lipinski definition) is 0. The number of benzene rings is 8. The fourth-order valence-electron chi connectivity index (χ4n) is 6.18. The van der Waals surface area contributed by atoms with Crippen molar-refractivity contribution in [2.75, 3.05) is 0 Å². The first kappa shape index (κ1) is 33.6. The Hall–Kier alpha value is -7.58. The predicted octanol–water partition coefficient (Wildman–Crippen LogP) is 10.0. The van der Waals surface area contributed by atoms with Crippen LogP contribution in [0.1, 0.15) is 41.4 Å². The van der Waals surface area contributed by atoms with E-state index in [-0.39, 0.29) is 33.8 Å². The first-order valence-electron chi connectivity index (χ1n) is 17.0. The quantitative estimate of drug-likeness (QED) is 0.113. The van der Waals surface area contributed by atoms with E-state index < -0.39 is 23.9 Å². The van der Waals surface area contributed by atoms with Gasteiger partial charge >= 0.3 is 23.9 Å². The van der Waals surface area contributed by atoms with E-state index in [2.05, 4.69) is 0 Å². The van der Waals surface area contributed by atoms with Gasteiger partial charge in [0, 0.05) is 21.5 Å². The minimum absolute atomic E-state index is 0.140. The molecule has 54 heavy (non-hydrogen) atoms. The standard InChI is InChI=1S/C46H28O8/c47-43(51-39-23-7-13-29-11-1-3-19-35(29)39)31-15-5-17-33(27-31)45(49)53-41-25-9-22-38-37(41)21-10-26-42(38)54-46(50)34-18-6-16-32(28-34)44(48)52-40-24-8-14-30-12-2-4-20-36(30)40/h1-28H. The van der Waals surface area contributed by atoms with E-state index in [1.807, 2.05) is 60.7 Å². The van der Waals surface area contributed by atoms with Crippen LogP contribution in [-0.2, 0) is 0 Å². The fourth-order valence-corrected chi connectivity index (χ4v) is 6.18. The summed E-state index contributed by atoms with van der Waals surface area (Å²) < 4.78 is 23.0. The van der Waals surface area contributed by atoms with Crippen molar-refractivity contribution in [1.82, 2.24) is 0 Å². The van der Waals surface area contributed by atoms with Crippen LogP contribution < -0.4 is 18.9 Å². The maximum atomic E-state index is 13.4. The van der Waals surface area contributed by atoms with Crippen molar-refractivity contribution in [2.24, 2.45) is 0 Å². The van der Waals surface area contributed by atoms with E-state index in [0.29, 0.717) is 22.3 Å². The first-order valence-corrected chi connectivity index (χ1v) is 17.0. The maximum Gasteiger partial charge on any atom is 0.343 e. The lowest BCUT2D eigenvalue weighted by atomic mass is 10.1. The topological polar surface area (TPSA) is 105 Å². The number of fused-ring (bicyclic) bond motifs is 3. The summed E-state index contributed by atoms with van der Waals surface area (Å²) in [5, 5.41) is 4.45. The molecule has 8 aromatic rings. The zero-order valence-electron chi connectivity index (χ0n) is 28.4. The number of ether oxygens (including phenoxy) is 4. The number of esters is 4. The fraction of sp³-hybridized carbons (Fsp3) is 0. The molecule has 0 heterocycles. The number of hydrogen-bond acceptors (Lipinski definition) is 8. The van der Waals surface area contributed by atoms with Crippen LogP contribution in [0.25, 0.3) is 32.3 Å². The van der Waals surface area contributed by atoms with Crippen LogP contribution in [0.4, 0.5) is 0 Å². The summed E-state index contributed by atoms with van der Waals surface area (Å²) in [7, 11) is 0. The lowest BCUT2D eigenvalue weighted by molar-refractivity contribution is 0.0717. The second kappa shape index (κ2) is 14.6. The number of rotatable bonds is 8. The van der Waals surface area contributed by atoms with Gasteiger partial charge in [-0.05, 0) is 71.4 Å². The molecule has 0 amide bonds. The van der Waals surface area contributed by atoms with Crippen molar-refractivity contribution in [3.05, 3.63) is 192 Å². The summed E-state index contributed by atoms with van der Waals surface area (Å²) in [5.41, 5.74) is 0.632. The SMILES string of the molecule is O=C(Oc1cccc2ccccc12)c1cccc(C(=O)Oc2cccc3c(OC(=O)c4cccc(C(=O)Oc5cccc6ccccc56)c4)cccc23)c1. The van der Waals surface area contributed by atoms with Gasteiger partial charge in [0.2, 0.25) is 0 Å². The average Bonchev–Trinajstić information content (AvgIpc) is 3.21. The van der Waals surface area contributed by atoms with Crippen molar-refractivity contribution >= 4 is 56.2 Å². The van der Waals surface area contributed by atoms with E-state index in [1.165, 1.54) is 12.1 Å². The molecule has 0 N–H and O–H groups in total. The van der Waals surface area contributed by atoms with Crippen LogP contribution in [0, 0.1) is 0 Å². The van der Waals surface area contributed by atoms with Crippen molar-refractivity contribution in [1.29, 1.82) is 0 Å². The molecule has 8 heteroatoms. The minimum atomic E-state index is -0.697. The highest BCUT2D eigenvalue weighted by molar-refractivity contribution is 6.02. The highest BCUT2D eigenvalue weighted by Gasteiger charge is 2.19. The van der Waals surface area contributed by atoms with Gasteiger partial charge in [-0.25, -0.2) is 19.2 Å². The summed E-state index contributed by atoms with van der Waals surface area (Å²) >= 11 is 0. The Morgan fingerprint density at radius 1 is 0.278 bits per heavy atom. The Morgan fingerprint density at radius 3 is 0.907 bits per heavy atom. The van der Waals surface area contributed by atoms with E-state index in [9.17, 15) is 19.2 Å². The molecule has 8 nitrogen and oxygen atoms in total. The molecule has 0 aliphatic rings. The Balaban J connectivity index is 0.977. The second-order valence-corrected chi connectivity index (χ2v) is 12.3. The molecule has 0 fully saturated rings. The Bertz CT molecular complexity index is 2570. The smallest absolute Gasteiger partial charge is 0.343 e. The molecule has 8 aromatic carbocycles. The highest BCUT2D eigenvalue weighted by atomic mass is 16.5. The molecular formula is C46H28O8. The normalized spacial score (nSPS) is 10.9. The molecule has 0 atom stereocenters. The van der Waals surface area contributed by atoms with Gasteiger partial charge in [0.1, 0.15) is 23.0 Å². The van der Waals surface area contributed by atoms with Crippen LogP contribution in [0.3, 0.4) is 0 Å². The van der Waals surface area contributed by atoms with Gasteiger partial charge in [-0.15, -0.1) is 0 Å². The minimum Gasteiger partial charge on any atom is -0.422 e. The predicted molar refractivity (Wildman–Crippen MR) is 205 cm³/mol. The van der Waals surface area contributed by atoms with E-state index in [4.69, 9.17) is 18.9 Å². The van der Waals surface area contributed by atoms with Gasteiger partial charge in [-0.2, -0.15) is 0 Å². The van der Waals surface area contributed by atoms with Gasteiger partial charge in [0.05, 0.1) is 22.3 Å². The highest BCUT2D eigenvalue weighted by Crippen LogP contribution is 2.34. The third kappa shape index (κ3) is 6.87. The van der Waals surface area contributed by atoms with Crippen LogP contribution >= 0.6 is 0 Å². The number of carbonyl (C=O) groups is 4. The van der Waals surface area contributed by atoms with Crippen molar-refractivity contribution in [3.63, 3.8) is 0 Å². The molecule has 0 aliphatic carbocycles. The van der Waals surface area contributed by atoms with Crippen molar-refractivity contribution in [3.8, 4) is 23.0 Å². The monoisotopic (exact) mass is 708 g/mol. The largest absolute Gasteiger partial charge is 0.422 e. The zero-order chi connectivity index (χ0) is 37.0. The van der Waals surface area contributed by atoms with Gasteiger partial charge in [0.15, 0.2) is 0 Å². The summed E-state index contributed by atoms with van der Waals surface area (Å²) in [5.74, 6) is -1.38. The summed E-state index contributed by atoms with van der Waals surface area (Å²) in [6, 6.07) is 48.3. The molecule has 0 spiro atoms. The van der Waals surface area contributed by atoms with E-state index >= 15 is 0 Å². The van der Waals surface area contributed by atoms with Crippen LogP contribution in [0.5, 0.6) is 23.0 Å². The molecule has 0 aliphatic heterocycles. The van der Waals surface area contributed by atoms with Gasteiger partial charge in [-0.1, -0.05) is 109 Å².